The van der Waals surface area contributed by atoms with Gasteiger partial charge in [0.15, 0.2) is 0 Å². The van der Waals surface area contributed by atoms with Crippen molar-refractivity contribution in [2.45, 2.75) is 19.4 Å². The first kappa shape index (κ1) is 11.4. The predicted molar refractivity (Wildman–Crippen MR) is 50.2 cm³/mol. The lowest BCUT2D eigenvalue weighted by molar-refractivity contribution is 0.0938. The summed E-state index contributed by atoms with van der Waals surface area (Å²) < 4.78 is 15.4. The van der Waals surface area contributed by atoms with Crippen LogP contribution in [0.4, 0.5) is 0 Å². The number of hydrogen-bond donors (Lipinski definition) is 1. The van der Waals surface area contributed by atoms with E-state index in [1.165, 1.54) is 0 Å². The van der Waals surface area contributed by atoms with Crippen molar-refractivity contribution in [3.63, 3.8) is 0 Å². The van der Waals surface area contributed by atoms with E-state index < -0.39 is 9.53 Å². The van der Waals surface area contributed by atoms with Gasteiger partial charge in [-0.25, -0.2) is 0 Å². The van der Waals surface area contributed by atoms with Gasteiger partial charge in [-0.15, -0.1) is 0 Å². The molecule has 0 aromatic heterocycles. The SMILES string of the molecule is CO[SiH](OC)OC(C)CCS. The molecule has 0 rings (SSSR count). The quantitative estimate of drug-likeness (QED) is 0.501. The van der Waals surface area contributed by atoms with Crippen molar-refractivity contribution in [2.24, 2.45) is 0 Å². The van der Waals surface area contributed by atoms with Crippen LogP contribution in [0.2, 0.25) is 0 Å². The molecule has 3 nitrogen and oxygen atoms in total. The summed E-state index contributed by atoms with van der Waals surface area (Å²) in [5.74, 6) is 0.829. The Kier molecular flexibility index (Phi) is 7.40. The van der Waals surface area contributed by atoms with Crippen molar-refractivity contribution in [3.8, 4) is 0 Å². The number of thiol groups is 1. The van der Waals surface area contributed by atoms with Gasteiger partial charge >= 0.3 is 9.53 Å². The Labute approximate surface area is 75.4 Å². The van der Waals surface area contributed by atoms with Crippen LogP contribution in [-0.4, -0.2) is 35.6 Å². The third kappa shape index (κ3) is 5.69. The first-order valence-corrected chi connectivity index (χ1v) is 5.61. The van der Waals surface area contributed by atoms with Gasteiger partial charge in [0.05, 0.1) is 0 Å². The lowest BCUT2D eigenvalue weighted by Crippen LogP contribution is -2.28. The average Bonchev–Trinajstić information content (AvgIpc) is 2.01. The Hall–Kier alpha value is 0.447. The summed E-state index contributed by atoms with van der Waals surface area (Å²) in [5.41, 5.74) is 0. The monoisotopic (exact) mass is 196 g/mol. The van der Waals surface area contributed by atoms with Crippen LogP contribution in [0.25, 0.3) is 0 Å². The molecule has 0 saturated heterocycles. The Morgan fingerprint density at radius 3 is 2.27 bits per heavy atom. The second-order valence-electron chi connectivity index (χ2n) is 2.22. The van der Waals surface area contributed by atoms with Gasteiger partial charge in [-0.1, -0.05) is 0 Å². The molecule has 0 bridgehead atoms. The molecule has 1 unspecified atom stereocenters. The molecule has 0 amide bonds. The van der Waals surface area contributed by atoms with Crippen molar-refractivity contribution >= 4 is 22.2 Å². The summed E-state index contributed by atoms with van der Waals surface area (Å²) >= 11 is 4.09. The highest BCUT2D eigenvalue weighted by Crippen LogP contribution is 2.01. The molecule has 0 aliphatic heterocycles. The zero-order valence-corrected chi connectivity index (χ0v) is 9.29. The molecule has 0 aromatic rings. The van der Waals surface area contributed by atoms with Crippen LogP contribution in [0, 0.1) is 0 Å². The molecule has 0 heterocycles. The average molecular weight is 196 g/mol. The molecular weight excluding hydrogens is 180 g/mol. The molecule has 0 radical (unpaired) electrons. The maximum atomic E-state index is 5.43. The standard InChI is InChI=1S/C6H16O3SSi/c1-6(4-5-10)9-11(7-2)8-3/h6,10-11H,4-5H2,1-3H3. The van der Waals surface area contributed by atoms with Gasteiger partial charge in [0.1, 0.15) is 0 Å². The Morgan fingerprint density at radius 2 is 1.91 bits per heavy atom. The summed E-state index contributed by atoms with van der Waals surface area (Å²) in [4.78, 5) is 0. The van der Waals surface area contributed by atoms with E-state index in [0.29, 0.717) is 0 Å². The maximum Gasteiger partial charge on any atom is 0.483 e. The summed E-state index contributed by atoms with van der Waals surface area (Å²) in [6.07, 6.45) is 1.11. The van der Waals surface area contributed by atoms with Crippen LogP contribution in [0.1, 0.15) is 13.3 Å². The molecule has 0 aliphatic carbocycles. The van der Waals surface area contributed by atoms with E-state index in [2.05, 4.69) is 12.6 Å². The maximum absolute atomic E-state index is 5.43. The zero-order valence-electron chi connectivity index (χ0n) is 7.24. The molecule has 1 atom stereocenters. The van der Waals surface area contributed by atoms with Crippen LogP contribution >= 0.6 is 12.6 Å². The van der Waals surface area contributed by atoms with Gasteiger partial charge in [-0.05, 0) is 19.1 Å². The molecule has 0 saturated carbocycles. The topological polar surface area (TPSA) is 27.7 Å². The second-order valence-corrected chi connectivity index (χ2v) is 4.46. The van der Waals surface area contributed by atoms with E-state index in [1.54, 1.807) is 14.2 Å². The lowest BCUT2D eigenvalue weighted by Gasteiger charge is -2.16. The largest absolute Gasteiger partial charge is 0.483 e. The van der Waals surface area contributed by atoms with Crippen LogP contribution < -0.4 is 0 Å². The summed E-state index contributed by atoms with van der Waals surface area (Å²) in [6, 6.07) is 0. The Balaban J connectivity index is 3.44. The van der Waals surface area contributed by atoms with Gasteiger partial charge < -0.3 is 13.3 Å². The third-order valence-electron chi connectivity index (χ3n) is 1.26. The second kappa shape index (κ2) is 7.12. The molecule has 0 aliphatic rings. The summed E-state index contributed by atoms with van der Waals surface area (Å²) in [5, 5.41) is 0. The van der Waals surface area contributed by atoms with Gasteiger partial charge in [-0.3, -0.25) is 0 Å². The number of rotatable bonds is 6. The van der Waals surface area contributed by atoms with Crippen LogP contribution in [0.5, 0.6) is 0 Å². The fraction of sp³-hybridized carbons (Fsp3) is 1.00. The molecule has 0 aromatic carbocycles. The minimum Gasteiger partial charge on any atom is -0.379 e. The molecule has 68 valence electrons. The van der Waals surface area contributed by atoms with Crippen molar-refractivity contribution in [2.75, 3.05) is 20.0 Å². The van der Waals surface area contributed by atoms with Gasteiger partial charge in [0, 0.05) is 20.3 Å². The fourth-order valence-electron chi connectivity index (χ4n) is 0.647. The van der Waals surface area contributed by atoms with E-state index in [4.69, 9.17) is 13.3 Å². The van der Waals surface area contributed by atoms with Crippen LogP contribution in [0.15, 0.2) is 0 Å². The molecule has 0 fully saturated rings. The highest BCUT2D eigenvalue weighted by atomic mass is 32.1. The Bertz CT molecular complexity index is 89.9. The van der Waals surface area contributed by atoms with E-state index >= 15 is 0 Å². The van der Waals surface area contributed by atoms with Crippen LogP contribution in [-0.2, 0) is 13.3 Å². The minimum absolute atomic E-state index is 0.184. The highest BCUT2D eigenvalue weighted by Gasteiger charge is 2.14. The van der Waals surface area contributed by atoms with Crippen molar-refractivity contribution in [3.05, 3.63) is 0 Å². The fourth-order valence-corrected chi connectivity index (χ4v) is 1.94. The zero-order chi connectivity index (χ0) is 8.69. The first-order chi connectivity index (χ1) is 5.24. The van der Waals surface area contributed by atoms with Crippen LogP contribution in [0.3, 0.4) is 0 Å². The van der Waals surface area contributed by atoms with Crippen molar-refractivity contribution in [1.82, 2.24) is 0 Å². The van der Waals surface area contributed by atoms with Crippen molar-refractivity contribution in [1.29, 1.82) is 0 Å². The summed E-state index contributed by atoms with van der Waals surface area (Å²) in [7, 11) is 1.39. The summed E-state index contributed by atoms with van der Waals surface area (Å²) in [6.45, 7) is 1.99. The van der Waals surface area contributed by atoms with Crippen molar-refractivity contribution < 1.29 is 13.3 Å². The molecular formula is C6H16O3SSi. The van der Waals surface area contributed by atoms with E-state index in [1.807, 2.05) is 6.92 Å². The molecule has 0 spiro atoms. The predicted octanol–water partition coefficient (Wildman–Crippen LogP) is 0.721. The van der Waals surface area contributed by atoms with Gasteiger partial charge in [0.2, 0.25) is 0 Å². The lowest BCUT2D eigenvalue weighted by atomic mass is 10.3. The van der Waals surface area contributed by atoms with E-state index in [0.717, 1.165) is 12.2 Å². The van der Waals surface area contributed by atoms with E-state index in [9.17, 15) is 0 Å². The smallest absolute Gasteiger partial charge is 0.379 e. The minimum atomic E-state index is -1.82. The number of hydrogen-bond acceptors (Lipinski definition) is 4. The normalized spacial score (nSPS) is 13.9. The molecule has 0 N–H and O–H groups in total. The third-order valence-corrected chi connectivity index (χ3v) is 2.98. The Morgan fingerprint density at radius 1 is 1.36 bits per heavy atom. The molecule has 5 heteroatoms. The van der Waals surface area contributed by atoms with E-state index in [-0.39, 0.29) is 6.10 Å². The first-order valence-electron chi connectivity index (χ1n) is 3.56. The molecule has 11 heavy (non-hydrogen) atoms. The van der Waals surface area contributed by atoms with Gasteiger partial charge in [0.25, 0.3) is 0 Å². The van der Waals surface area contributed by atoms with Gasteiger partial charge in [-0.2, -0.15) is 12.6 Å². The highest BCUT2D eigenvalue weighted by molar-refractivity contribution is 7.80.